The third-order valence-electron chi connectivity index (χ3n) is 3.60. The quantitative estimate of drug-likeness (QED) is 0.831. The molecule has 0 heterocycles. The Morgan fingerprint density at radius 2 is 2.00 bits per heavy atom. The highest BCUT2D eigenvalue weighted by Crippen LogP contribution is 2.24. The Hall–Kier alpha value is -2.27. The Morgan fingerprint density at radius 1 is 1.21 bits per heavy atom. The topological polar surface area (TPSA) is 47.6 Å². The van der Waals surface area contributed by atoms with E-state index in [4.69, 9.17) is 21.1 Å². The van der Waals surface area contributed by atoms with Gasteiger partial charge in [-0.15, -0.1) is 0 Å². The highest BCUT2D eigenvalue weighted by atomic mass is 35.5. The fourth-order valence-corrected chi connectivity index (χ4v) is 2.57. The van der Waals surface area contributed by atoms with Crippen molar-refractivity contribution in [3.63, 3.8) is 0 Å². The average molecular weight is 352 g/mol. The molecule has 24 heavy (non-hydrogen) atoms. The van der Waals surface area contributed by atoms with E-state index in [1.165, 1.54) is 12.1 Å². The molecule has 2 rings (SSSR count). The summed E-state index contributed by atoms with van der Waals surface area (Å²) in [5.41, 5.74) is 1.12. The van der Waals surface area contributed by atoms with Gasteiger partial charge >= 0.3 is 0 Å². The molecule has 2 aromatic carbocycles. The number of halogens is 2. The van der Waals surface area contributed by atoms with Gasteiger partial charge in [-0.1, -0.05) is 17.7 Å². The highest BCUT2D eigenvalue weighted by Gasteiger charge is 2.12. The second-order valence-corrected chi connectivity index (χ2v) is 5.56. The van der Waals surface area contributed by atoms with Crippen LogP contribution in [-0.2, 0) is 17.6 Å². The molecule has 1 amide bonds. The monoisotopic (exact) mass is 351 g/mol. The van der Waals surface area contributed by atoms with E-state index in [1.807, 2.05) is 12.1 Å². The number of amides is 1. The van der Waals surface area contributed by atoms with Crippen LogP contribution in [0.5, 0.6) is 11.5 Å². The molecule has 0 unspecified atom stereocenters. The summed E-state index contributed by atoms with van der Waals surface area (Å²) < 4.78 is 24.2. The molecule has 0 saturated carbocycles. The van der Waals surface area contributed by atoms with Crippen molar-refractivity contribution >= 4 is 17.5 Å². The maximum absolute atomic E-state index is 13.7. The number of hydrogen-bond acceptors (Lipinski definition) is 3. The Morgan fingerprint density at radius 3 is 2.67 bits per heavy atom. The summed E-state index contributed by atoms with van der Waals surface area (Å²) in [6.45, 7) is 0.397. The number of carbonyl (C=O) groups excluding carboxylic acids is 1. The van der Waals surface area contributed by atoms with Crippen LogP contribution in [0.4, 0.5) is 4.39 Å². The standard InChI is InChI=1S/C18H19ClFNO3/c1-23-13-6-7-17(24-2)12(10-13)8-9-21-18(22)11-14-15(19)4-3-5-16(14)20/h3-7,10H,8-9,11H2,1-2H3,(H,21,22). The summed E-state index contributed by atoms with van der Waals surface area (Å²) in [5, 5.41) is 3.01. The van der Waals surface area contributed by atoms with Crippen molar-refractivity contribution in [1.82, 2.24) is 5.32 Å². The van der Waals surface area contributed by atoms with Gasteiger partial charge in [-0.2, -0.15) is 0 Å². The second kappa shape index (κ2) is 8.55. The van der Waals surface area contributed by atoms with E-state index < -0.39 is 5.82 Å². The number of nitrogens with one attached hydrogen (secondary N) is 1. The molecule has 0 radical (unpaired) electrons. The van der Waals surface area contributed by atoms with Gasteiger partial charge in [-0.3, -0.25) is 4.79 Å². The number of hydrogen-bond donors (Lipinski definition) is 1. The van der Waals surface area contributed by atoms with E-state index in [0.29, 0.717) is 13.0 Å². The summed E-state index contributed by atoms with van der Waals surface area (Å²) in [6, 6.07) is 9.84. The van der Waals surface area contributed by atoms with E-state index in [2.05, 4.69) is 5.32 Å². The number of rotatable bonds is 7. The van der Waals surface area contributed by atoms with Crippen molar-refractivity contribution in [3.05, 3.63) is 58.4 Å². The number of ether oxygens (including phenoxy) is 2. The van der Waals surface area contributed by atoms with E-state index in [1.54, 1.807) is 26.4 Å². The lowest BCUT2D eigenvalue weighted by Gasteiger charge is -2.11. The van der Waals surface area contributed by atoms with Crippen molar-refractivity contribution in [2.24, 2.45) is 0 Å². The molecule has 0 aliphatic carbocycles. The largest absolute Gasteiger partial charge is 0.497 e. The zero-order valence-electron chi connectivity index (χ0n) is 13.6. The minimum atomic E-state index is -0.480. The zero-order chi connectivity index (χ0) is 17.5. The first-order valence-corrected chi connectivity index (χ1v) is 7.83. The van der Waals surface area contributed by atoms with Gasteiger partial charge in [0.15, 0.2) is 0 Å². The van der Waals surface area contributed by atoms with E-state index in [-0.39, 0.29) is 22.9 Å². The first kappa shape index (κ1) is 18.1. The SMILES string of the molecule is COc1ccc(OC)c(CCNC(=O)Cc2c(F)cccc2Cl)c1. The van der Waals surface area contributed by atoms with Crippen molar-refractivity contribution in [2.75, 3.05) is 20.8 Å². The van der Waals surface area contributed by atoms with Gasteiger partial charge in [0.2, 0.25) is 5.91 Å². The molecule has 0 aliphatic heterocycles. The van der Waals surface area contributed by atoms with Gasteiger partial charge < -0.3 is 14.8 Å². The summed E-state index contributed by atoms with van der Waals surface area (Å²) >= 11 is 5.93. The summed E-state index contributed by atoms with van der Waals surface area (Å²) in [4.78, 5) is 12.0. The van der Waals surface area contributed by atoms with Crippen molar-refractivity contribution in [1.29, 1.82) is 0 Å². The van der Waals surface area contributed by atoms with Gasteiger partial charge in [0.25, 0.3) is 0 Å². The molecule has 0 aromatic heterocycles. The molecule has 128 valence electrons. The first-order chi connectivity index (χ1) is 11.5. The molecular weight excluding hydrogens is 333 g/mol. The Bertz CT molecular complexity index is 701. The molecule has 0 atom stereocenters. The average Bonchev–Trinajstić information content (AvgIpc) is 2.58. The van der Waals surface area contributed by atoms with Gasteiger partial charge in [0.1, 0.15) is 17.3 Å². The van der Waals surface area contributed by atoms with Crippen LogP contribution in [-0.4, -0.2) is 26.7 Å². The molecule has 0 saturated heterocycles. The van der Waals surface area contributed by atoms with E-state index >= 15 is 0 Å². The third kappa shape index (κ3) is 4.61. The molecule has 6 heteroatoms. The molecule has 1 N–H and O–H groups in total. The second-order valence-electron chi connectivity index (χ2n) is 5.15. The maximum atomic E-state index is 13.7. The summed E-state index contributed by atoms with van der Waals surface area (Å²) in [6.07, 6.45) is 0.470. The minimum absolute atomic E-state index is 0.0965. The number of benzene rings is 2. The van der Waals surface area contributed by atoms with E-state index in [9.17, 15) is 9.18 Å². The molecule has 4 nitrogen and oxygen atoms in total. The Balaban J connectivity index is 1.93. The fraction of sp³-hybridized carbons (Fsp3) is 0.278. The van der Waals surface area contributed by atoms with Gasteiger partial charge in [0, 0.05) is 17.1 Å². The van der Waals surface area contributed by atoms with Crippen LogP contribution >= 0.6 is 11.6 Å². The lowest BCUT2D eigenvalue weighted by Crippen LogP contribution is -2.27. The van der Waals surface area contributed by atoms with Gasteiger partial charge in [-0.05, 0) is 42.3 Å². The maximum Gasteiger partial charge on any atom is 0.224 e. The summed E-state index contributed by atoms with van der Waals surface area (Å²) in [7, 11) is 3.18. The molecule has 0 bridgehead atoms. The Kier molecular flexibility index (Phi) is 6.44. The van der Waals surface area contributed by atoms with Crippen LogP contribution in [0.15, 0.2) is 36.4 Å². The molecule has 0 aliphatic rings. The Labute approximate surface area is 145 Å². The smallest absolute Gasteiger partial charge is 0.224 e. The van der Waals surface area contributed by atoms with Crippen LogP contribution < -0.4 is 14.8 Å². The predicted molar refractivity (Wildman–Crippen MR) is 91.4 cm³/mol. The molecule has 0 fully saturated rings. The van der Waals surface area contributed by atoms with Crippen LogP contribution in [0, 0.1) is 5.82 Å². The first-order valence-electron chi connectivity index (χ1n) is 7.45. The third-order valence-corrected chi connectivity index (χ3v) is 3.96. The zero-order valence-corrected chi connectivity index (χ0v) is 14.3. The fourth-order valence-electron chi connectivity index (χ4n) is 2.34. The van der Waals surface area contributed by atoms with Gasteiger partial charge in [-0.25, -0.2) is 4.39 Å². The highest BCUT2D eigenvalue weighted by molar-refractivity contribution is 6.31. The van der Waals surface area contributed by atoms with Crippen molar-refractivity contribution < 1.29 is 18.7 Å². The van der Waals surface area contributed by atoms with Gasteiger partial charge in [0.05, 0.1) is 20.6 Å². The van der Waals surface area contributed by atoms with Crippen LogP contribution in [0.3, 0.4) is 0 Å². The molecule has 0 spiro atoms. The number of methoxy groups -OCH3 is 2. The number of carbonyl (C=O) groups is 1. The summed E-state index contributed by atoms with van der Waals surface area (Å²) in [5.74, 6) is 0.674. The minimum Gasteiger partial charge on any atom is -0.497 e. The predicted octanol–water partition coefficient (Wildman–Crippen LogP) is 3.40. The normalized spacial score (nSPS) is 10.3. The van der Waals surface area contributed by atoms with Crippen LogP contribution in [0.25, 0.3) is 0 Å². The van der Waals surface area contributed by atoms with Crippen molar-refractivity contribution in [2.45, 2.75) is 12.8 Å². The van der Waals surface area contributed by atoms with Crippen molar-refractivity contribution in [3.8, 4) is 11.5 Å². The van der Waals surface area contributed by atoms with Crippen LogP contribution in [0.2, 0.25) is 5.02 Å². The van der Waals surface area contributed by atoms with E-state index in [0.717, 1.165) is 17.1 Å². The molecule has 2 aromatic rings. The lowest BCUT2D eigenvalue weighted by atomic mass is 10.1. The lowest BCUT2D eigenvalue weighted by molar-refractivity contribution is -0.120. The van der Waals surface area contributed by atoms with Crippen LogP contribution in [0.1, 0.15) is 11.1 Å². The molecular formula is C18H19ClFNO3.